The molecule has 3 saturated carbocycles. The van der Waals surface area contributed by atoms with Crippen molar-refractivity contribution in [3.8, 4) is 0 Å². The maximum atomic E-state index is 12.3. The van der Waals surface area contributed by atoms with Gasteiger partial charge in [-0.3, -0.25) is 9.59 Å². The van der Waals surface area contributed by atoms with E-state index in [2.05, 4.69) is 20.8 Å². The Kier molecular flexibility index (Phi) is 3.98. The summed E-state index contributed by atoms with van der Waals surface area (Å²) in [7, 11) is 0. The summed E-state index contributed by atoms with van der Waals surface area (Å²) < 4.78 is 0. The second-order valence-corrected chi connectivity index (χ2v) is 9.84. The van der Waals surface area contributed by atoms with E-state index in [0.29, 0.717) is 30.1 Å². The highest BCUT2D eigenvalue weighted by Gasteiger charge is 2.61. The number of hydrogen-bond acceptors (Lipinski definition) is 3. The predicted molar refractivity (Wildman–Crippen MR) is 97.4 cm³/mol. The van der Waals surface area contributed by atoms with Crippen LogP contribution in [0.25, 0.3) is 0 Å². The molecular weight excluding hydrogens is 328 g/mol. The Morgan fingerprint density at radius 1 is 1.12 bits per heavy atom. The smallest absolute Gasteiger partial charge is 0.372 e. The number of Topliss-reactive ketones (excluding diaryl/α,β-unsaturated/α-hetero) is 1. The molecule has 0 radical (unpaired) electrons. The molecule has 4 heteroatoms. The lowest BCUT2D eigenvalue weighted by atomic mass is 9.45. The molecule has 0 aliphatic heterocycles. The van der Waals surface area contributed by atoms with Gasteiger partial charge in [-0.25, -0.2) is 4.79 Å². The molecular formula is C22H30O4. The lowest BCUT2D eigenvalue weighted by Gasteiger charge is -2.59. The third kappa shape index (κ3) is 2.30. The minimum absolute atomic E-state index is 0.104. The summed E-state index contributed by atoms with van der Waals surface area (Å²) in [5.74, 6) is 0.0669. The molecule has 0 spiro atoms. The van der Waals surface area contributed by atoms with Gasteiger partial charge in [0.2, 0.25) is 5.78 Å². The molecule has 26 heavy (non-hydrogen) atoms. The fraction of sp³-hybridized carbons (Fsp3) is 0.773. The molecule has 0 unspecified atom stereocenters. The normalized spacial score (nSPS) is 47.4. The number of fused-ring (bicyclic) bond motifs is 5. The third-order valence-corrected chi connectivity index (χ3v) is 8.81. The number of carbonyl (C=O) groups excluding carboxylic acids is 2. The molecule has 3 fully saturated rings. The van der Waals surface area contributed by atoms with E-state index in [-0.39, 0.29) is 22.5 Å². The summed E-state index contributed by atoms with van der Waals surface area (Å²) in [6.07, 6.45) is 8.30. The van der Waals surface area contributed by atoms with Gasteiger partial charge in [0.15, 0.2) is 5.78 Å². The van der Waals surface area contributed by atoms with Gasteiger partial charge in [-0.15, -0.1) is 0 Å². The maximum Gasteiger partial charge on any atom is 0.372 e. The molecule has 0 aromatic rings. The van der Waals surface area contributed by atoms with Gasteiger partial charge < -0.3 is 5.11 Å². The van der Waals surface area contributed by atoms with E-state index in [0.717, 1.165) is 38.5 Å². The summed E-state index contributed by atoms with van der Waals surface area (Å²) in [5, 5.41) is 9.25. The molecule has 0 bridgehead atoms. The molecule has 0 heterocycles. The summed E-state index contributed by atoms with van der Waals surface area (Å²) in [6.45, 7) is 6.78. The fourth-order valence-corrected chi connectivity index (χ4v) is 7.56. The van der Waals surface area contributed by atoms with Crippen molar-refractivity contribution in [2.75, 3.05) is 0 Å². The Bertz CT molecular complexity index is 707. The van der Waals surface area contributed by atoms with Crippen LogP contribution in [0.15, 0.2) is 11.6 Å². The minimum atomic E-state index is -1.26. The third-order valence-electron chi connectivity index (χ3n) is 8.81. The minimum Gasteiger partial charge on any atom is -0.475 e. The first-order chi connectivity index (χ1) is 12.2. The van der Waals surface area contributed by atoms with Gasteiger partial charge in [-0.05, 0) is 79.1 Å². The molecule has 1 N–H and O–H groups in total. The number of aliphatic carboxylic acids is 1. The number of carbonyl (C=O) groups is 3. The van der Waals surface area contributed by atoms with E-state index in [1.807, 2.05) is 6.08 Å². The summed E-state index contributed by atoms with van der Waals surface area (Å²) in [4.78, 5) is 35.6. The van der Waals surface area contributed by atoms with Crippen molar-refractivity contribution in [1.82, 2.24) is 0 Å². The largest absolute Gasteiger partial charge is 0.475 e. The Morgan fingerprint density at radius 2 is 1.85 bits per heavy atom. The zero-order valence-electron chi connectivity index (χ0n) is 16.1. The van der Waals surface area contributed by atoms with Gasteiger partial charge in [0.25, 0.3) is 0 Å². The van der Waals surface area contributed by atoms with Gasteiger partial charge in [-0.1, -0.05) is 26.3 Å². The van der Waals surface area contributed by atoms with Crippen molar-refractivity contribution in [2.24, 2.45) is 40.4 Å². The van der Waals surface area contributed by atoms with Gasteiger partial charge in [0.1, 0.15) is 0 Å². The van der Waals surface area contributed by atoms with Crippen LogP contribution in [0, 0.1) is 40.4 Å². The van der Waals surface area contributed by atoms with Crippen LogP contribution in [-0.4, -0.2) is 22.6 Å². The Morgan fingerprint density at radius 3 is 2.54 bits per heavy atom. The molecule has 142 valence electrons. The van der Waals surface area contributed by atoms with Crippen molar-refractivity contribution < 1.29 is 19.5 Å². The lowest BCUT2D eigenvalue weighted by Crippen LogP contribution is -2.53. The second-order valence-electron chi connectivity index (χ2n) is 9.84. The molecule has 4 aliphatic rings. The van der Waals surface area contributed by atoms with Crippen molar-refractivity contribution in [3.05, 3.63) is 11.6 Å². The van der Waals surface area contributed by atoms with Crippen LogP contribution >= 0.6 is 0 Å². The van der Waals surface area contributed by atoms with Crippen molar-refractivity contribution in [3.63, 3.8) is 0 Å². The van der Waals surface area contributed by atoms with Crippen LogP contribution < -0.4 is 0 Å². The average Bonchev–Trinajstić information content (AvgIpc) is 2.93. The number of carboxylic acid groups (broad SMARTS) is 1. The first-order valence-corrected chi connectivity index (χ1v) is 10.2. The molecule has 0 saturated heterocycles. The molecule has 4 rings (SSSR count). The molecule has 0 aromatic heterocycles. The first kappa shape index (κ1) is 17.9. The quantitative estimate of drug-likeness (QED) is 0.756. The van der Waals surface area contributed by atoms with E-state index in [1.165, 1.54) is 5.57 Å². The van der Waals surface area contributed by atoms with E-state index in [9.17, 15) is 19.5 Å². The number of rotatable bonds is 2. The van der Waals surface area contributed by atoms with Gasteiger partial charge in [0, 0.05) is 12.3 Å². The van der Waals surface area contributed by atoms with Gasteiger partial charge in [0.05, 0.1) is 0 Å². The van der Waals surface area contributed by atoms with E-state index in [4.69, 9.17) is 0 Å². The molecule has 4 aliphatic carbocycles. The Balaban J connectivity index is 1.68. The Labute approximate surface area is 155 Å². The predicted octanol–water partition coefficient (Wildman–Crippen LogP) is 4.03. The van der Waals surface area contributed by atoms with Crippen LogP contribution in [-0.2, 0) is 14.4 Å². The highest BCUT2D eigenvalue weighted by molar-refractivity contribution is 6.33. The van der Waals surface area contributed by atoms with Crippen molar-refractivity contribution >= 4 is 17.5 Å². The highest BCUT2D eigenvalue weighted by Crippen LogP contribution is 2.67. The zero-order valence-corrected chi connectivity index (χ0v) is 16.1. The molecule has 7 atom stereocenters. The molecule has 4 nitrogen and oxygen atoms in total. The number of allylic oxidation sites excluding steroid dienone is 1. The topological polar surface area (TPSA) is 71.4 Å². The first-order valence-electron chi connectivity index (χ1n) is 10.2. The van der Waals surface area contributed by atoms with Crippen molar-refractivity contribution in [1.29, 1.82) is 0 Å². The lowest BCUT2D eigenvalue weighted by molar-refractivity contribution is -0.154. The fourth-order valence-electron chi connectivity index (χ4n) is 7.56. The highest BCUT2D eigenvalue weighted by atomic mass is 16.4. The van der Waals surface area contributed by atoms with Crippen LogP contribution in [0.2, 0.25) is 0 Å². The van der Waals surface area contributed by atoms with Gasteiger partial charge in [-0.2, -0.15) is 0 Å². The summed E-state index contributed by atoms with van der Waals surface area (Å²) in [5.41, 5.74) is 1.29. The number of carboxylic acids is 1. The van der Waals surface area contributed by atoms with Crippen LogP contribution in [0.5, 0.6) is 0 Å². The van der Waals surface area contributed by atoms with E-state index >= 15 is 0 Å². The van der Waals surface area contributed by atoms with Crippen molar-refractivity contribution in [2.45, 2.75) is 65.7 Å². The molecule has 0 amide bonds. The van der Waals surface area contributed by atoms with Crippen LogP contribution in [0.4, 0.5) is 0 Å². The second kappa shape index (κ2) is 5.77. The molecule has 0 aromatic carbocycles. The van der Waals surface area contributed by atoms with E-state index < -0.39 is 11.8 Å². The van der Waals surface area contributed by atoms with Gasteiger partial charge >= 0.3 is 5.97 Å². The van der Waals surface area contributed by atoms with Crippen LogP contribution in [0.3, 0.4) is 0 Å². The van der Waals surface area contributed by atoms with E-state index in [1.54, 1.807) is 0 Å². The maximum absolute atomic E-state index is 12.3. The Hall–Kier alpha value is -1.45. The zero-order chi connectivity index (χ0) is 18.9. The SMILES string of the molecule is C[C@H]1C[C@H]2[C@@H]3CC[C@H](C(=O)C(=O)O)[C@@]3(C)CC[C@@H]2[C@@]2(C)CCC(=O)C=C12. The number of hydrogen-bond donors (Lipinski definition) is 1. The summed E-state index contributed by atoms with van der Waals surface area (Å²) in [6, 6.07) is 0. The standard InChI is InChI=1S/C22H30O4/c1-12-10-14-15-4-5-17(19(24)20(25)26)21(15,2)9-7-16(14)22(3)8-6-13(23)11-18(12)22/h11-12,14-17H,4-10H2,1-3H3,(H,25,26)/t12-,14-,15-,16-,17+,21-,22+/m0/s1. The van der Waals surface area contributed by atoms with Crippen LogP contribution in [0.1, 0.15) is 65.7 Å². The monoisotopic (exact) mass is 358 g/mol. The summed E-state index contributed by atoms with van der Waals surface area (Å²) >= 11 is 0. The number of ketones is 2. The average molecular weight is 358 g/mol.